The van der Waals surface area contributed by atoms with Gasteiger partial charge in [-0.15, -0.1) is 12.4 Å². The first kappa shape index (κ1) is 16.3. The Balaban J connectivity index is 0.00000200. The summed E-state index contributed by atoms with van der Waals surface area (Å²) in [4.78, 5) is 25.5. The van der Waals surface area contributed by atoms with E-state index in [0.29, 0.717) is 17.9 Å². The molecule has 1 aliphatic carbocycles. The van der Waals surface area contributed by atoms with Crippen molar-refractivity contribution in [1.82, 2.24) is 4.90 Å². The standard InChI is InChI=1S/C14H18N2O3.ClH/c1-2-19-13(17)9-16(12-6-7-12)14(18)10-4-3-5-11(15)8-10;/h3-5,8,12H,2,6-7,9,15H2,1H3;1H. The average molecular weight is 299 g/mol. The van der Waals surface area contributed by atoms with Crippen molar-refractivity contribution in [2.45, 2.75) is 25.8 Å². The average Bonchev–Trinajstić information content (AvgIpc) is 3.20. The minimum Gasteiger partial charge on any atom is -0.465 e. The van der Waals surface area contributed by atoms with Crippen LogP contribution in [-0.2, 0) is 9.53 Å². The number of benzene rings is 1. The van der Waals surface area contributed by atoms with Crippen LogP contribution in [0.3, 0.4) is 0 Å². The van der Waals surface area contributed by atoms with Gasteiger partial charge in [-0.2, -0.15) is 0 Å². The summed E-state index contributed by atoms with van der Waals surface area (Å²) in [6.45, 7) is 2.08. The number of nitrogens with zero attached hydrogens (tertiary/aromatic N) is 1. The number of amides is 1. The summed E-state index contributed by atoms with van der Waals surface area (Å²) in [7, 11) is 0. The summed E-state index contributed by atoms with van der Waals surface area (Å²) in [6, 6.07) is 6.95. The lowest BCUT2D eigenvalue weighted by molar-refractivity contribution is -0.144. The molecule has 1 aliphatic rings. The molecule has 1 saturated carbocycles. The molecular weight excluding hydrogens is 280 g/mol. The number of hydrogen-bond donors (Lipinski definition) is 1. The fourth-order valence-corrected chi connectivity index (χ4v) is 1.94. The normalized spacial score (nSPS) is 13.2. The van der Waals surface area contributed by atoms with Crippen LogP contribution in [0.25, 0.3) is 0 Å². The van der Waals surface area contributed by atoms with Crippen LogP contribution in [-0.4, -0.2) is 36.0 Å². The highest BCUT2D eigenvalue weighted by Gasteiger charge is 2.34. The maximum Gasteiger partial charge on any atom is 0.325 e. The van der Waals surface area contributed by atoms with Crippen LogP contribution in [0.15, 0.2) is 24.3 Å². The summed E-state index contributed by atoms with van der Waals surface area (Å²) in [5.41, 5.74) is 6.72. The minimum atomic E-state index is -0.369. The van der Waals surface area contributed by atoms with E-state index >= 15 is 0 Å². The first-order valence-corrected chi connectivity index (χ1v) is 6.44. The number of carbonyl (C=O) groups is 2. The number of halogens is 1. The van der Waals surface area contributed by atoms with Crippen molar-refractivity contribution < 1.29 is 14.3 Å². The van der Waals surface area contributed by atoms with E-state index in [-0.39, 0.29) is 36.9 Å². The molecule has 6 heteroatoms. The molecule has 0 spiro atoms. The molecule has 0 radical (unpaired) electrons. The Morgan fingerprint density at radius 3 is 2.65 bits per heavy atom. The van der Waals surface area contributed by atoms with Crippen LogP contribution in [0.5, 0.6) is 0 Å². The summed E-state index contributed by atoms with van der Waals surface area (Å²) < 4.78 is 4.90. The van der Waals surface area contributed by atoms with Crippen LogP contribution in [0, 0.1) is 0 Å². The lowest BCUT2D eigenvalue weighted by atomic mass is 10.1. The predicted molar refractivity (Wildman–Crippen MR) is 78.8 cm³/mol. The summed E-state index contributed by atoms with van der Waals surface area (Å²) >= 11 is 0. The lowest BCUT2D eigenvalue weighted by Crippen LogP contribution is -2.38. The van der Waals surface area contributed by atoms with Crippen molar-refractivity contribution in [3.8, 4) is 0 Å². The number of esters is 1. The second kappa shape index (κ2) is 7.14. The second-order valence-electron chi connectivity index (χ2n) is 4.59. The molecule has 20 heavy (non-hydrogen) atoms. The van der Waals surface area contributed by atoms with Gasteiger partial charge >= 0.3 is 5.97 Å². The molecule has 0 atom stereocenters. The van der Waals surface area contributed by atoms with E-state index in [1.807, 2.05) is 0 Å². The largest absolute Gasteiger partial charge is 0.465 e. The molecular formula is C14H19ClN2O3. The maximum absolute atomic E-state index is 12.4. The van der Waals surface area contributed by atoms with Crippen molar-refractivity contribution in [2.24, 2.45) is 0 Å². The van der Waals surface area contributed by atoms with E-state index < -0.39 is 0 Å². The molecule has 1 aromatic carbocycles. The molecule has 1 aromatic rings. The fraction of sp³-hybridized carbons (Fsp3) is 0.429. The summed E-state index contributed by atoms with van der Waals surface area (Å²) in [5.74, 6) is -0.533. The fourth-order valence-electron chi connectivity index (χ4n) is 1.94. The SMILES string of the molecule is CCOC(=O)CN(C(=O)c1cccc(N)c1)C1CC1.Cl. The number of hydrogen-bond acceptors (Lipinski definition) is 4. The van der Waals surface area contributed by atoms with Gasteiger partial charge in [0.05, 0.1) is 6.61 Å². The summed E-state index contributed by atoms with van der Waals surface area (Å²) in [6.07, 6.45) is 1.88. The van der Waals surface area contributed by atoms with E-state index in [4.69, 9.17) is 10.5 Å². The van der Waals surface area contributed by atoms with Gasteiger partial charge < -0.3 is 15.4 Å². The van der Waals surface area contributed by atoms with Gasteiger partial charge in [-0.1, -0.05) is 6.07 Å². The Labute approximate surface area is 124 Å². The second-order valence-corrected chi connectivity index (χ2v) is 4.59. The van der Waals surface area contributed by atoms with Crippen LogP contribution < -0.4 is 5.73 Å². The third kappa shape index (κ3) is 4.13. The Morgan fingerprint density at radius 2 is 2.10 bits per heavy atom. The van der Waals surface area contributed by atoms with Crippen LogP contribution >= 0.6 is 12.4 Å². The van der Waals surface area contributed by atoms with Gasteiger partial charge in [0, 0.05) is 17.3 Å². The molecule has 5 nitrogen and oxygen atoms in total. The molecule has 0 aromatic heterocycles. The zero-order valence-corrected chi connectivity index (χ0v) is 12.2. The predicted octanol–water partition coefficient (Wildman–Crippen LogP) is 1.86. The van der Waals surface area contributed by atoms with Gasteiger partial charge in [0.25, 0.3) is 5.91 Å². The van der Waals surface area contributed by atoms with E-state index in [1.54, 1.807) is 36.1 Å². The number of rotatable bonds is 5. The van der Waals surface area contributed by atoms with Crippen molar-refractivity contribution in [2.75, 3.05) is 18.9 Å². The van der Waals surface area contributed by atoms with Crippen molar-refractivity contribution >= 4 is 30.0 Å². The molecule has 2 N–H and O–H groups in total. The quantitative estimate of drug-likeness (QED) is 0.665. The zero-order valence-electron chi connectivity index (χ0n) is 11.4. The van der Waals surface area contributed by atoms with E-state index in [2.05, 4.69) is 0 Å². The van der Waals surface area contributed by atoms with Gasteiger partial charge in [0.1, 0.15) is 6.54 Å². The maximum atomic E-state index is 12.4. The number of anilines is 1. The van der Waals surface area contributed by atoms with Gasteiger partial charge in [-0.25, -0.2) is 0 Å². The zero-order chi connectivity index (χ0) is 13.8. The van der Waals surface area contributed by atoms with Gasteiger partial charge in [0.15, 0.2) is 0 Å². The Kier molecular flexibility index (Phi) is 5.82. The monoisotopic (exact) mass is 298 g/mol. The van der Waals surface area contributed by atoms with Crippen molar-refractivity contribution in [1.29, 1.82) is 0 Å². The van der Waals surface area contributed by atoms with Crippen LogP contribution in [0.4, 0.5) is 5.69 Å². The topological polar surface area (TPSA) is 72.6 Å². The molecule has 0 heterocycles. The van der Waals surface area contributed by atoms with Crippen LogP contribution in [0.1, 0.15) is 30.1 Å². The van der Waals surface area contributed by atoms with E-state index in [9.17, 15) is 9.59 Å². The first-order valence-electron chi connectivity index (χ1n) is 6.44. The number of carbonyl (C=O) groups excluding carboxylic acids is 2. The first-order chi connectivity index (χ1) is 9.11. The van der Waals surface area contributed by atoms with Gasteiger partial charge in [0.2, 0.25) is 0 Å². The molecule has 2 rings (SSSR count). The molecule has 0 saturated heterocycles. The Bertz CT molecular complexity index is 489. The number of nitrogens with two attached hydrogens (primary N) is 1. The van der Waals surface area contributed by atoms with Crippen molar-refractivity contribution in [3.05, 3.63) is 29.8 Å². The van der Waals surface area contributed by atoms with Gasteiger partial charge in [-0.05, 0) is 38.0 Å². The third-order valence-corrected chi connectivity index (χ3v) is 2.99. The molecule has 0 unspecified atom stereocenters. The Hall–Kier alpha value is -1.75. The molecule has 1 amide bonds. The highest BCUT2D eigenvalue weighted by Crippen LogP contribution is 2.28. The third-order valence-electron chi connectivity index (χ3n) is 2.99. The van der Waals surface area contributed by atoms with Crippen molar-refractivity contribution in [3.63, 3.8) is 0 Å². The molecule has 0 bridgehead atoms. The van der Waals surface area contributed by atoms with Gasteiger partial charge in [-0.3, -0.25) is 9.59 Å². The van der Waals surface area contributed by atoms with E-state index in [1.165, 1.54) is 0 Å². The summed E-state index contributed by atoms with van der Waals surface area (Å²) in [5, 5.41) is 0. The highest BCUT2D eigenvalue weighted by atomic mass is 35.5. The minimum absolute atomic E-state index is 0. The van der Waals surface area contributed by atoms with Crippen LogP contribution in [0.2, 0.25) is 0 Å². The van der Waals surface area contributed by atoms with E-state index in [0.717, 1.165) is 12.8 Å². The lowest BCUT2D eigenvalue weighted by Gasteiger charge is -2.21. The molecule has 110 valence electrons. The number of nitrogen functional groups attached to an aromatic ring is 1. The smallest absolute Gasteiger partial charge is 0.325 e. The highest BCUT2D eigenvalue weighted by molar-refractivity contribution is 5.97. The molecule has 1 fully saturated rings. The number of ether oxygens (including phenoxy) is 1. The molecule has 0 aliphatic heterocycles. The Morgan fingerprint density at radius 1 is 1.40 bits per heavy atom.